The van der Waals surface area contributed by atoms with Crippen LogP contribution in [0.15, 0.2) is 43.0 Å². The van der Waals surface area contributed by atoms with Crippen LogP contribution in [0.3, 0.4) is 0 Å². The summed E-state index contributed by atoms with van der Waals surface area (Å²) in [6.07, 6.45) is 3.23. The summed E-state index contributed by atoms with van der Waals surface area (Å²) in [7, 11) is 0. The van der Waals surface area contributed by atoms with Gasteiger partial charge in [0.15, 0.2) is 0 Å². The summed E-state index contributed by atoms with van der Waals surface area (Å²) in [5.74, 6) is -0.388. The molecule has 0 atom stereocenters. The maximum atomic E-state index is 13.0. The number of allylic oxidation sites excluding steroid dienone is 1. The highest BCUT2D eigenvalue weighted by Crippen LogP contribution is 2.15. The van der Waals surface area contributed by atoms with E-state index < -0.39 is 0 Å². The number of rotatable bonds is 6. The van der Waals surface area contributed by atoms with Crippen LogP contribution in [0, 0.1) is 5.82 Å². The van der Waals surface area contributed by atoms with Gasteiger partial charge in [0.05, 0.1) is 6.54 Å². The molecule has 0 saturated carbocycles. The van der Waals surface area contributed by atoms with E-state index in [-0.39, 0.29) is 17.6 Å². The predicted octanol–water partition coefficient (Wildman–Crippen LogP) is 1.68. The summed E-state index contributed by atoms with van der Waals surface area (Å²) in [4.78, 5) is 27.9. The van der Waals surface area contributed by atoms with Crippen LogP contribution in [0.2, 0.25) is 0 Å². The Balaban J connectivity index is 1.84. The largest absolute Gasteiger partial charge is 0.352 e. The predicted molar refractivity (Wildman–Crippen MR) is 96.3 cm³/mol. The highest BCUT2D eigenvalue weighted by Gasteiger charge is 2.21. The molecule has 1 heterocycles. The molecule has 0 radical (unpaired) electrons. The molecular formula is C19H24FN3O2. The lowest BCUT2D eigenvalue weighted by Crippen LogP contribution is -2.50. The maximum Gasteiger partial charge on any atom is 0.246 e. The first-order chi connectivity index (χ1) is 12.0. The molecule has 1 saturated heterocycles. The molecule has 0 aliphatic carbocycles. The molecule has 0 bridgehead atoms. The van der Waals surface area contributed by atoms with Crippen molar-refractivity contribution in [3.05, 3.63) is 54.4 Å². The second-order valence-electron chi connectivity index (χ2n) is 6.03. The standard InChI is InChI=1S/C19H24FN3O2/c1-3-8-21-18(24)14-22-9-11-23(12-10-22)19(25)13-15(2)16-4-6-17(20)7-5-16/h3-7,13H,1,8-12,14H2,2H3,(H,21,24)/b15-13+. The number of hydrogen-bond donors (Lipinski definition) is 1. The highest BCUT2D eigenvalue weighted by atomic mass is 19.1. The molecule has 1 aliphatic rings. The van der Waals surface area contributed by atoms with Crippen molar-refractivity contribution < 1.29 is 14.0 Å². The zero-order valence-corrected chi connectivity index (χ0v) is 14.5. The van der Waals surface area contributed by atoms with Crippen molar-refractivity contribution in [2.24, 2.45) is 0 Å². The Bertz CT molecular complexity index is 647. The number of benzene rings is 1. The second kappa shape index (κ2) is 9.13. The maximum absolute atomic E-state index is 13.0. The average molecular weight is 345 g/mol. The average Bonchev–Trinajstić information content (AvgIpc) is 2.61. The van der Waals surface area contributed by atoms with Crippen LogP contribution < -0.4 is 5.32 Å². The minimum absolute atomic E-state index is 0.0354. The van der Waals surface area contributed by atoms with Gasteiger partial charge in [-0.1, -0.05) is 18.2 Å². The van der Waals surface area contributed by atoms with Crippen molar-refractivity contribution in [2.75, 3.05) is 39.3 Å². The molecule has 1 aromatic rings. The monoisotopic (exact) mass is 345 g/mol. The summed E-state index contributed by atoms with van der Waals surface area (Å²) >= 11 is 0. The van der Waals surface area contributed by atoms with Crippen molar-refractivity contribution >= 4 is 17.4 Å². The Morgan fingerprint density at radius 3 is 2.44 bits per heavy atom. The molecule has 2 amide bonds. The molecule has 2 rings (SSSR count). The molecule has 1 fully saturated rings. The van der Waals surface area contributed by atoms with E-state index in [1.54, 1.807) is 29.2 Å². The minimum atomic E-state index is -0.295. The lowest BCUT2D eigenvalue weighted by Gasteiger charge is -2.33. The quantitative estimate of drug-likeness (QED) is 0.630. The molecule has 6 heteroatoms. The van der Waals surface area contributed by atoms with Crippen molar-refractivity contribution in [1.29, 1.82) is 0 Å². The molecule has 0 unspecified atom stereocenters. The molecule has 1 aromatic carbocycles. The molecule has 25 heavy (non-hydrogen) atoms. The van der Waals surface area contributed by atoms with Gasteiger partial charge >= 0.3 is 0 Å². The molecule has 1 N–H and O–H groups in total. The summed E-state index contributed by atoms with van der Waals surface area (Å²) in [5.41, 5.74) is 1.63. The molecule has 134 valence electrons. The number of nitrogens with zero attached hydrogens (tertiary/aromatic N) is 2. The lowest BCUT2D eigenvalue weighted by atomic mass is 10.1. The Labute approximate surface area is 147 Å². The topological polar surface area (TPSA) is 52.7 Å². The number of carbonyl (C=O) groups excluding carboxylic acids is 2. The first-order valence-electron chi connectivity index (χ1n) is 8.32. The van der Waals surface area contributed by atoms with Gasteiger partial charge in [0.1, 0.15) is 5.82 Å². The summed E-state index contributed by atoms with van der Waals surface area (Å²) in [5, 5.41) is 2.75. The van der Waals surface area contributed by atoms with E-state index in [0.717, 1.165) is 11.1 Å². The van der Waals surface area contributed by atoms with Gasteiger partial charge in [0, 0.05) is 38.8 Å². The van der Waals surface area contributed by atoms with Crippen LogP contribution in [-0.2, 0) is 9.59 Å². The second-order valence-corrected chi connectivity index (χ2v) is 6.03. The number of hydrogen-bond acceptors (Lipinski definition) is 3. The lowest BCUT2D eigenvalue weighted by molar-refractivity contribution is -0.128. The number of halogens is 1. The van der Waals surface area contributed by atoms with Crippen LogP contribution in [0.1, 0.15) is 12.5 Å². The van der Waals surface area contributed by atoms with Crippen LogP contribution in [-0.4, -0.2) is 60.9 Å². The molecular weight excluding hydrogens is 321 g/mol. The first-order valence-corrected chi connectivity index (χ1v) is 8.32. The van der Waals surface area contributed by atoms with E-state index in [9.17, 15) is 14.0 Å². The summed E-state index contributed by atoms with van der Waals surface area (Å²) < 4.78 is 13.0. The highest BCUT2D eigenvalue weighted by molar-refractivity contribution is 5.95. The van der Waals surface area contributed by atoms with E-state index in [1.165, 1.54) is 12.1 Å². The molecule has 0 aromatic heterocycles. The molecule has 1 aliphatic heterocycles. The van der Waals surface area contributed by atoms with E-state index in [0.29, 0.717) is 39.3 Å². The number of amides is 2. The zero-order chi connectivity index (χ0) is 18.2. The molecule has 5 nitrogen and oxygen atoms in total. The van der Waals surface area contributed by atoms with Crippen LogP contribution in [0.4, 0.5) is 4.39 Å². The number of carbonyl (C=O) groups is 2. The normalized spacial score (nSPS) is 15.8. The van der Waals surface area contributed by atoms with E-state index in [2.05, 4.69) is 11.9 Å². The Morgan fingerprint density at radius 2 is 1.84 bits per heavy atom. The van der Waals surface area contributed by atoms with Gasteiger partial charge in [-0.3, -0.25) is 14.5 Å². The van der Waals surface area contributed by atoms with Gasteiger partial charge < -0.3 is 10.2 Å². The third kappa shape index (κ3) is 5.83. The summed E-state index contributed by atoms with van der Waals surface area (Å²) in [6, 6.07) is 6.09. The number of nitrogens with one attached hydrogen (secondary N) is 1. The Hall–Kier alpha value is -2.47. The van der Waals surface area contributed by atoms with E-state index in [4.69, 9.17) is 0 Å². The van der Waals surface area contributed by atoms with Gasteiger partial charge in [0.2, 0.25) is 11.8 Å². The van der Waals surface area contributed by atoms with Gasteiger partial charge in [-0.25, -0.2) is 4.39 Å². The third-order valence-corrected chi connectivity index (χ3v) is 4.13. The zero-order valence-electron chi connectivity index (χ0n) is 14.5. The van der Waals surface area contributed by atoms with Gasteiger partial charge in [-0.2, -0.15) is 0 Å². The SMILES string of the molecule is C=CCNC(=O)CN1CCN(C(=O)/C=C(\C)c2ccc(F)cc2)CC1. The van der Waals surface area contributed by atoms with Crippen LogP contribution >= 0.6 is 0 Å². The third-order valence-electron chi connectivity index (χ3n) is 4.13. The fourth-order valence-electron chi connectivity index (χ4n) is 2.64. The summed E-state index contributed by atoms with van der Waals surface area (Å²) in [6.45, 7) is 8.69. The minimum Gasteiger partial charge on any atom is -0.352 e. The van der Waals surface area contributed by atoms with Crippen molar-refractivity contribution in [1.82, 2.24) is 15.1 Å². The fourth-order valence-corrected chi connectivity index (χ4v) is 2.64. The Morgan fingerprint density at radius 1 is 1.20 bits per heavy atom. The van der Waals surface area contributed by atoms with Gasteiger partial charge in [-0.05, 0) is 30.2 Å². The van der Waals surface area contributed by atoms with Crippen molar-refractivity contribution in [3.8, 4) is 0 Å². The fraction of sp³-hybridized carbons (Fsp3) is 0.368. The molecule has 0 spiro atoms. The van der Waals surface area contributed by atoms with Gasteiger partial charge in [0.25, 0.3) is 0 Å². The van der Waals surface area contributed by atoms with Crippen LogP contribution in [0.25, 0.3) is 5.57 Å². The van der Waals surface area contributed by atoms with Crippen molar-refractivity contribution in [3.63, 3.8) is 0 Å². The van der Waals surface area contributed by atoms with Crippen LogP contribution in [0.5, 0.6) is 0 Å². The van der Waals surface area contributed by atoms with E-state index in [1.807, 2.05) is 11.8 Å². The first kappa shape index (κ1) is 18.9. The van der Waals surface area contributed by atoms with E-state index >= 15 is 0 Å². The Kier molecular flexibility index (Phi) is 6.89. The van der Waals surface area contributed by atoms with Crippen molar-refractivity contribution in [2.45, 2.75) is 6.92 Å². The van der Waals surface area contributed by atoms with Gasteiger partial charge in [-0.15, -0.1) is 6.58 Å². The smallest absolute Gasteiger partial charge is 0.246 e. The number of piperazine rings is 1.